The van der Waals surface area contributed by atoms with Gasteiger partial charge in [0.2, 0.25) is 0 Å². The number of rotatable bonds is 11. The number of carbonyl (C=O) groups excluding carboxylic acids is 1. The Balaban J connectivity index is 3.84. The van der Waals surface area contributed by atoms with E-state index in [9.17, 15) is 4.79 Å². The maximum Gasteiger partial charge on any atom is 0.136 e. The molecular weight excluding hydrogens is 264 g/mol. The summed E-state index contributed by atoms with van der Waals surface area (Å²) in [5, 5.41) is 0.823. The molecule has 96 valence electrons. The van der Waals surface area contributed by atoms with Crippen LogP contribution in [0.5, 0.6) is 0 Å². The van der Waals surface area contributed by atoms with E-state index in [1.54, 1.807) is 0 Å². The number of Topliss-reactive ketones (excluding diaryl/α,β-unsaturated/α-hetero) is 1. The molecule has 0 spiro atoms. The molecule has 1 atom stereocenters. The highest BCUT2D eigenvalue weighted by Crippen LogP contribution is 2.20. The summed E-state index contributed by atoms with van der Waals surface area (Å²) in [6.07, 6.45) is 10.4. The number of ketones is 1. The lowest BCUT2D eigenvalue weighted by Crippen LogP contribution is -2.15. The molecule has 0 aromatic heterocycles. The first-order valence-corrected chi connectivity index (χ1v) is 7.97. The molecule has 0 fully saturated rings. The third-order valence-electron chi connectivity index (χ3n) is 3.11. The molecule has 0 bridgehead atoms. The average molecular weight is 291 g/mol. The van der Waals surface area contributed by atoms with E-state index >= 15 is 0 Å². The standard InChI is InChI=1S/C14H27BrO/c1-3-5-7-8-10-13(9-6-4-2)14(16)11-12-15/h13H,3-12H2,1-2H3. The van der Waals surface area contributed by atoms with Crippen molar-refractivity contribution in [2.75, 3.05) is 5.33 Å². The lowest BCUT2D eigenvalue weighted by molar-refractivity contribution is -0.122. The van der Waals surface area contributed by atoms with Gasteiger partial charge in [0.25, 0.3) is 0 Å². The van der Waals surface area contributed by atoms with E-state index in [4.69, 9.17) is 0 Å². The Labute approximate surface area is 110 Å². The van der Waals surface area contributed by atoms with Crippen molar-refractivity contribution < 1.29 is 4.79 Å². The number of unbranched alkanes of at least 4 members (excludes halogenated alkanes) is 4. The molecule has 0 aliphatic heterocycles. The first-order chi connectivity index (χ1) is 7.76. The van der Waals surface area contributed by atoms with Crippen molar-refractivity contribution in [2.45, 2.75) is 71.6 Å². The second kappa shape index (κ2) is 11.6. The van der Waals surface area contributed by atoms with Crippen LogP contribution in [-0.4, -0.2) is 11.1 Å². The summed E-state index contributed by atoms with van der Waals surface area (Å²) >= 11 is 3.36. The van der Waals surface area contributed by atoms with Gasteiger partial charge in [-0.15, -0.1) is 0 Å². The van der Waals surface area contributed by atoms with Crippen LogP contribution in [0.1, 0.15) is 71.6 Å². The zero-order chi connectivity index (χ0) is 12.2. The number of halogens is 1. The van der Waals surface area contributed by atoms with Gasteiger partial charge in [-0.3, -0.25) is 4.79 Å². The molecule has 0 aliphatic carbocycles. The summed E-state index contributed by atoms with van der Waals surface area (Å²) in [4.78, 5) is 11.9. The molecule has 0 aromatic carbocycles. The van der Waals surface area contributed by atoms with Crippen LogP contribution in [0, 0.1) is 5.92 Å². The fraction of sp³-hybridized carbons (Fsp3) is 0.929. The molecule has 0 aliphatic rings. The maximum absolute atomic E-state index is 11.9. The molecule has 0 aromatic rings. The van der Waals surface area contributed by atoms with Gasteiger partial charge in [0, 0.05) is 17.7 Å². The van der Waals surface area contributed by atoms with Gasteiger partial charge >= 0.3 is 0 Å². The molecule has 0 amide bonds. The summed E-state index contributed by atoms with van der Waals surface area (Å²) in [5.41, 5.74) is 0. The molecule has 1 nitrogen and oxygen atoms in total. The molecule has 0 radical (unpaired) electrons. The molecule has 16 heavy (non-hydrogen) atoms. The van der Waals surface area contributed by atoms with E-state index in [-0.39, 0.29) is 0 Å². The van der Waals surface area contributed by atoms with E-state index in [1.807, 2.05) is 0 Å². The number of alkyl halides is 1. The molecule has 0 heterocycles. The molecule has 0 N–H and O–H groups in total. The number of hydrogen-bond donors (Lipinski definition) is 0. The van der Waals surface area contributed by atoms with Gasteiger partial charge < -0.3 is 0 Å². The van der Waals surface area contributed by atoms with Crippen LogP contribution in [0.25, 0.3) is 0 Å². The van der Waals surface area contributed by atoms with Gasteiger partial charge in [0.05, 0.1) is 0 Å². The van der Waals surface area contributed by atoms with Crippen LogP contribution in [0.15, 0.2) is 0 Å². The van der Waals surface area contributed by atoms with Crippen molar-refractivity contribution >= 4 is 21.7 Å². The third-order valence-corrected chi connectivity index (χ3v) is 3.51. The van der Waals surface area contributed by atoms with Crippen LogP contribution >= 0.6 is 15.9 Å². The van der Waals surface area contributed by atoms with Crippen molar-refractivity contribution in [2.24, 2.45) is 5.92 Å². The van der Waals surface area contributed by atoms with Crippen molar-refractivity contribution in [3.8, 4) is 0 Å². The average Bonchev–Trinajstić information content (AvgIpc) is 2.28. The number of carbonyl (C=O) groups is 1. The predicted octanol–water partition coefficient (Wildman–Crippen LogP) is 5.12. The van der Waals surface area contributed by atoms with Crippen LogP contribution in [0.4, 0.5) is 0 Å². The normalized spacial score (nSPS) is 12.7. The highest BCUT2D eigenvalue weighted by Gasteiger charge is 2.16. The van der Waals surface area contributed by atoms with Crippen molar-refractivity contribution in [1.82, 2.24) is 0 Å². The van der Waals surface area contributed by atoms with E-state index in [2.05, 4.69) is 29.8 Å². The summed E-state index contributed by atoms with van der Waals surface area (Å²) in [5.74, 6) is 0.816. The predicted molar refractivity (Wildman–Crippen MR) is 75.2 cm³/mol. The summed E-state index contributed by atoms with van der Waals surface area (Å²) in [6.45, 7) is 4.42. The SMILES string of the molecule is CCCCCCC(CCCC)C(=O)CCBr. The first-order valence-electron chi connectivity index (χ1n) is 6.84. The van der Waals surface area contributed by atoms with Gasteiger partial charge in [-0.2, -0.15) is 0 Å². The summed E-state index contributed by atoms with van der Waals surface area (Å²) in [7, 11) is 0. The molecule has 0 saturated heterocycles. The van der Waals surface area contributed by atoms with Crippen molar-refractivity contribution in [3.05, 3.63) is 0 Å². The monoisotopic (exact) mass is 290 g/mol. The Kier molecular flexibility index (Phi) is 11.7. The Bertz CT molecular complexity index is 168. The van der Waals surface area contributed by atoms with E-state index in [1.165, 1.54) is 38.5 Å². The molecule has 0 rings (SSSR count). The highest BCUT2D eigenvalue weighted by molar-refractivity contribution is 9.09. The minimum absolute atomic E-state index is 0.342. The van der Waals surface area contributed by atoms with E-state index in [0.29, 0.717) is 18.1 Å². The Morgan fingerprint density at radius 3 is 2.19 bits per heavy atom. The Hall–Kier alpha value is 0.150. The molecule has 1 unspecified atom stereocenters. The second-order valence-electron chi connectivity index (χ2n) is 4.59. The second-order valence-corrected chi connectivity index (χ2v) is 5.39. The number of hydrogen-bond acceptors (Lipinski definition) is 1. The molecule has 2 heteroatoms. The third kappa shape index (κ3) is 8.32. The quantitative estimate of drug-likeness (QED) is 0.381. The van der Waals surface area contributed by atoms with E-state index in [0.717, 1.165) is 18.2 Å². The zero-order valence-electron chi connectivity index (χ0n) is 10.9. The van der Waals surface area contributed by atoms with Crippen molar-refractivity contribution in [1.29, 1.82) is 0 Å². The lowest BCUT2D eigenvalue weighted by Gasteiger charge is -2.14. The van der Waals surface area contributed by atoms with Crippen molar-refractivity contribution in [3.63, 3.8) is 0 Å². The Morgan fingerprint density at radius 2 is 1.62 bits per heavy atom. The highest BCUT2D eigenvalue weighted by atomic mass is 79.9. The van der Waals surface area contributed by atoms with Gasteiger partial charge in [-0.25, -0.2) is 0 Å². The van der Waals surface area contributed by atoms with Crippen LogP contribution in [0.3, 0.4) is 0 Å². The van der Waals surface area contributed by atoms with Gasteiger partial charge in [0.1, 0.15) is 5.78 Å². The zero-order valence-corrected chi connectivity index (χ0v) is 12.5. The fourth-order valence-corrected chi connectivity index (χ4v) is 2.42. The topological polar surface area (TPSA) is 17.1 Å². The minimum Gasteiger partial charge on any atom is -0.299 e. The lowest BCUT2D eigenvalue weighted by atomic mass is 9.90. The van der Waals surface area contributed by atoms with Crippen LogP contribution < -0.4 is 0 Å². The maximum atomic E-state index is 11.9. The molecule has 0 saturated carbocycles. The molecular formula is C14H27BrO. The smallest absolute Gasteiger partial charge is 0.136 e. The van der Waals surface area contributed by atoms with Crippen LogP contribution in [-0.2, 0) is 4.79 Å². The van der Waals surface area contributed by atoms with E-state index < -0.39 is 0 Å². The Morgan fingerprint density at radius 1 is 1.00 bits per heavy atom. The van der Waals surface area contributed by atoms with Gasteiger partial charge in [0.15, 0.2) is 0 Å². The minimum atomic E-state index is 0.342. The summed E-state index contributed by atoms with van der Waals surface area (Å²) in [6, 6.07) is 0. The summed E-state index contributed by atoms with van der Waals surface area (Å²) < 4.78 is 0. The first kappa shape index (κ1) is 16.1. The van der Waals surface area contributed by atoms with Gasteiger partial charge in [-0.05, 0) is 12.8 Å². The van der Waals surface area contributed by atoms with Crippen LogP contribution in [0.2, 0.25) is 0 Å². The largest absolute Gasteiger partial charge is 0.299 e. The van der Waals surface area contributed by atoms with Gasteiger partial charge in [-0.1, -0.05) is 68.3 Å². The fourth-order valence-electron chi connectivity index (χ4n) is 2.03.